The molecule has 1 aliphatic rings. The summed E-state index contributed by atoms with van der Waals surface area (Å²) in [6, 6.07) is 0. The molecule has 0 spiro atoms. The number of fused-ring (bicyclic) bond motifs is 1. The monoisotopic (exact) mass is 260 g/mol. The lowest BCUT2D eigenvalue weighted by Crippen LogP contribution is -2.21. The molecule has 19 heavy (non-hydrogen) atoms. The van der Waals surface area contributed by atoms with Crippen molar-refractivity contribution in [2.45, 2.75) is 26.7 Å². The van der Waals surface area contributed by atoms with Gasteiger partial charge in [-0.15, -0.1) is 0 Å². The fraction of sp³-hybridized carbons (Fsp3) is 0.615. The first-order chi connectivity index (χ1) is 9.28. The summed E-state index contributed by atoms with van der Waals surface area (Å²) in [6.45, 7) is 7.42. The van der Waals surface area contributed by atoms with E-state index >= 15 is 0 Å². The summed E-state index contributed by atoms with van der Waals surface area (Å²) in [5, 5.41) is 11.3. The van der Waals surface area contributed by atoms with Crippen LogP contribution in [0.1, 0.15) is 26.7 Å². The van der Waals surface area contributed by atoms with Crippen LogP contribution in [0.15, 0.2) is 6.20 Å². The van der Waals surface area contributed by atoms with Crippen molar-refractivity contribution in [2.24, 2.45) is 5.92 Å². The minimum Gasteiger partial charge on any atom is -0.356 e. The standard InChI is InChI=1S/C13H20N6/c1-3-5-14-13-16-11-10(7-15-18-11)12(17-13)19-6-4-9(2)8-19/h7,9H,3-6,8H2,1-2H3,(H2,14,15,16,17,18). The van der Waals surface area contributed by atoms with Gasteiger partial charge in [-0.25, -0.2) is 0 Å². The Bertz CT molecular complexity index is 563. The molecule has 0 bridgehead atoms. The van der Waals surface area contributed by atoms with Crippen LogP contribution < -0.4 is 10.2 Å². The number of hydrogen-bond donors (Lipinski definition) is 2. The molecule has 1 atom stereocenters. The molecule has 3 heterocycles. The SMILES string of the molecule is CCCNc1nc(N2CCC(C)C2)c2cn[nH]c2n1. The Morgan fingerprint density at radius 2 is 2.37 bits per heavy atom. The first-order valence-corrected chi connectivity index (χ1v) is 6.98. The Morgan fingerprint density at radius 3 is 3.11 bits per heavy atom. The molecule has 0 saturated carbocycles. The molecule has 0 aliphatic carbocycles. The predicted octanol–water partition coefficient (Wildman–Crippen LogP) is 2.02. The molecule has 6 nitrogen and oxygen atoms in total. The highest BCUT2D eigenvalue weighted by atomic mass is 15.3. The fourth-order valence-electron chi connectivity index (χ4n) is 2.50. The highest BCUT2D eigenvalue weighted by Gasteiger charge is 2.23. The van der Waals surface area contributed by atoms with Crippen LogP contribution in [0.25, 0.3) is 11.0 Å². The number of aromatic nitrogens is 4. The van der Waals surface area contributed by atoms with E-state index in [1.54, 1.807) is 0 Å². The van der Waals surface area contributed by atoms with Gasteiger partial charge in [-0.1, -0.05) is 13.8 Å². The van der Waals surface area contributed by atoms with Gasteiger partial charge in [-0.05, 0) is 18.8 Å². The van der Waals surface area contributed by atoms with Crippen molar-refractivity contribution in [3.63, 3.8) is 0 Å². The molecular weight excluding hydrogens is 240 g/mol. The number of anilines is 2. The zero-order valence-electron chi connectivity index (χ0n) is 11.5. The van der Waals surface area contributed by atoms with E-state index in [9.17, 15) is 0 Å². The van der Waals surface area contributed by atoms with Crippen LogP contribution in [0.3, 0.4) is 0 Å². The van der Waals surface area contributed by atoms with Crippen molar-refractivity contribution in [3.05, 3.63) is 6.20 Å². The normalized spacial score (nSPS) is 19.3. The summed E-state index contributed by atoms with van der Waals surface area (Å²) < 4.78 is 0. The molecule has 0 aromatic carbocycles. The molecule has 2 aromatic heterocycles. The third kappa shape index (κ3) is 2.34. The van der Waals surface area contributed by atoms with Crippen molar-refractivity contribution < 1.29 is 0 Å². The summed E-state index contributed by atoms with van der Waals surface area (Å²) >= 11 is 0. The Morgan fingerprint density at radius 1 is 1.47 bits per heavy atom. The lowest BCUT2D eigenvalue weighted by molar-refractivity contribution is 0.659. The number of hydrogen-bond acceptors (Lipinski definition) is 5. The molecule has 2 N–H and O–H groups in total. The second kappa shape index (κ2) is 5.03. The second-order valence-corrected chi connectivity index (χ2v) is 5.27. The van der Waals surface area contributed by atoms with Crippen LogP contribution >= 0.6 is 0 Å². The van der Waals surface area contributed by atoms with Gasteiger partial charge in [0.05, 0.1) is 11.6 Å². The van der Waals surface area contributed by atoms with Gasteiger partial charge in [0.2, 0.25) is 5.95 Å². The third-order valence-corrected chi connectivity index (χ3v) is 3.55. The molecule has 1 unspecified atom stereocenters. The summed E-state index contributed by atoms with van der Waals surface area (Å²) in [4.78, 5) is 11.5. The van der Waals surface area contributed by atoms with E-state index in [4.69, 9.17) is 0 Å². The quantitative estimate of drug-likeness (QED) is 0.880. The minimum absolute atomic E-state index is 0.688. The highest BCUT2D eigenvalue weighted by molar-refractivity contribution is 5.87. The predicted molar refractivity (Wildman–Crippen MR) is 76.5 cm³/mol. The summed E-state index contributed by atoms with van der Waals surface area (Å²) in [7, 11) is 0. The number of H-pyrrole nitrogens is 1. The van der Waals surface area contributed by atoms with E-state index in [0.717, 1.165) is 48.8 Å². The van der Waals surface area contributed by atoms with Crippen molar-refractivity contribution in [3.8, 4) is 0 Å². The number of nitrogens with zero attached hydrogens (tertiary/aromatic N) is 4. The molecule has 0 radical (unpaired) electrons. The van der Waals surface area contributed by atoms with Gasteiger partial charge < -0.3 is 10.2 Å². The fourth-order valence-corrected chi connectivity index (χ4v) is 2.50. The Hall–Kier alpha value is -1.85. The van der Waals surface area contributed by atoms with E-state index < -0.39 is 0 Å². The van der Waals surface area contributed by atoms with Crippen molar-refractivity contribution >= 4 is 22.8 Å². The Labute approximate surface area is 112 Å². The van der Waals surface area contributed by atoms with E-state index in [1.807, 2.05) is 6.20 Å². The molecule has 2 aromatic rings. The first kappa shape index (κ1) is 12.2. The van der Waals surface area contributed by atoms with Crippen LogP contribution in [0.4, 0.5) is 11.8 Å². The molecule has 3 rings (SSSR count). The van der Waals surface area contributed by atoms with E-state index in [0.29, 0.717) is 5.95 Å². The smallest absolute Gasteiger partial charge is 0.226 e. The van der Waals surface area contributed by atoms with E-state index in [1.165, 1.54) is 6.42 Å². The zero-order valence-corrected chi connectivity index (χ0v) is 11.5. The highest BCUT2D eigenvalue weighted by Crippen LogP contribution is 2.28. The van der Waals surface area contributed by atoms with Crippen LogP contribution in [0.5, 0.6) is 0 Å². The van der Waals surface area contributed by atoms with Gasteiger partial charge in [0.1, 0.15) is 5.82 Å². The van der Waals surface area contributed by atoms with Crippen LogP contribution in [-0.4, -0.2) is 39.8 Å². The largest absolute Gasteiger partial charge is 0.356 e. The second-order valence-electron chi connectivity index (χ2n) is 5.27. The van der Waals surface area contributed by atoms with Crippen LogP contribution in [-0.2, 0) is 0 Å². The summed E-state index contributed by atoms with van der Waals surface area (Å²) in [5.41, 5.74) is 0.808. The van der Waals surface area contributed by atoms with Crippen LogP contribution in [0.2, 0.25) is 0 Å². The number of aromatic amines is 1. The maximum Gasteiger partial charge on any atom is 0.226 e. The molecular formula is C13H20N6. The van der Waals surface area contributed by atoms with Crippen LogP contribution in [0, 0.1) is 5.92 Å². The van der Waals surface area contributed by atoms with Gasteiger partial charge in [0.15, 0.2) is 5.65 Å². The van der Waals surface area contributed by atoms with E-state index in [-0.39, 0.29) is 0 Å². The molecule has 0 amide bonds. The summed E-state index contributed by atoms with van der Waals surface area (Å²) in [5.74, 6) is 2.42. The van der Waals surface area contributed by atoms with Gasteiger partial charge in [-0.3, -0.25) is 5.10 Å². The molecule has 1 saturated heterocycles. The van der Waals surface area contributed by atoms with Gasteiger partial charge >= 0.3 is 0 Å². The summed E-state index contributed by atoms with van der Waals surface area (Å²) in [6.07, 6.45) is 4.10. The average molecular weight is 260 g/mol. The zero-order chi connectivity index (χ0) is 13.2. The third-order valence-electron chi connectivity index (χ3n) is 3.55. The maximum atomic E-state index is 4.67. The Kier molecular flexibility index (Phi) is 3.23. The van der Waals surface area contributed by atoms with Gasteiger partial charge in [0, 0.05) is 19.6 Å². The average Bonchev–Trinajstić information content (AvgIpc) is 3.03. The topological polar surface area (TPSA) is 69.7 Å². The first-order valence-electron chi connectivity index (χ1n) is 6.98. The number of nitrogens with one attached hydrogen (secondary N) is 2. The van der Waals surface area contributed by atoms with Gasteiger partial charge in [0.25, 0.3) is 0 Å². The maximum absolute atomic E-state index is 4.67. The van der Waals surface area contributed by atoms with Gasteiger partial charge in [-0.2, -0.15) is 15.1 Å². The molecule has 6 heteroatoms. The number of rotatable bonds is 4. The molecule has 1 fully saturated rings. The Balaban J connectivity index is 1.98. The lowest BCUT2D eigenvalue weighted by atomic mass is 10.2. The minimum atomic E-state index is 0.688. The van der Waals surface area contributed by atoms with E-state index in [2.05, 4.69) is 44.2 Å². The van der Waals surface area contributed by atoms with Crippen molar-refractivity contribution in [1.82, 2.24) is 20.2 Å². The lowest BCUT2D eigenvalue weighted by Gasteiger charge is -2.18. The van der Waals surface area contributed by atoms with Crippen molar-refractivity contribution in [1.29, 1.82) is 0 Å². The van der Waals surface area contributed by atoms with Crippen molar-refractivity contribution in [2.75, 3.05) is 29.9 Å². The molecule has 102 valence electrons. The molecule has 1 aliphatic heterocycles.